The first kappa shape index (κ1) is 28.5. The van der Waals surface area contributed by atoms with E-state index in [1.807, 2.05) is 6.92 Å². The fourth-order valence-corrected chi connectivity index (χ4v) is 5.21. The molecule has 2 rings (SSSR count). The summed E-state index contributed by atoms with van der Waals surface area (Å²) >= 11 is 0. The largest absolute Gasteiger partial charge is 0.460 e. The van der Waals surface area contributed by atoms with Crippen molar-refractivity contribution in [1.82, 2.24) is 0 Å². The molecule has 14 heteroatoms. The lowest BCUT2D eigenvalue weighted by Crippen LogP contribution is -2.55. The molecule has 0 saturated heterocycles. The van der Waals surface area contributed by atoms with Gasteiger partial charge in [-0.1, -0.05) is 26.2 Å². The summed E-state index contributed by atoms with van der Waals surface area (Å²) in [6.07, 6.45) is -8.11. The first-order valence-corrected chi connectivity index (χ1v) is 12.1. The number of ether oxygens (including phenoxy) is 2. The third kappa shape index (κ3) is 6.29. The van der Waals surface area contributed by atoms with E-state index >= 15 is 0 Å². The average molecular weight is 520 g/mol. The van der Waals surface area contributed by atoms with E-state index in [-0.39, 0.29) is 12.0 Å². The summed E-state index contributed by atoms with van der Waals surface area (Å²) in [5.41, 5.74) is -0.146. The summed E-state index contributed by atoms with van der Waals surface area (Å²) in [6.45, 7) is 1.81. The van der Waals surface area contributed by atoms with Crippen molar-refractivity contribution >= 4 is 10.1 Å². The highest BCUT2D eigenvalue weighted by molar-refractivity contribution is 7.86. The van der Waals surface area contributed by atoms with Crippen molar-refractivity contribution in [2.75, 3.05) is 13.2 Å². The highest BCUT2D eigenvalue weighted by Gasteiger charge is 2.73. The van der Waals surface area contributed by atoms with Gasteiger partial charge in [-0.2, -0.15) is 43.5 Å². The molecule has 2 unspecified atom stereocenters. The second kappa shape index (κ2) is 9.73. The second-order valence-electron chi connectivity index (χ2n) is 9.15. The van der Waals surface area contributed by atoms with Crippen LogP contribution < -0.4 is 0 Å². The molecule has 33 heavy (non-hydrogen) atoms. The monoisotopic (exact) mass is 520 g/mol. The SMILES string of the molecule is CCC1(COCCCC(F)(F)C(F)(F)OC(F)(F)C(F)(F)S(=O)(=O)O)CC2CCC[C@H](C2)C1. The van der Waals surface area contributed by atoms with Gasteiger partial charge in [-0.15, -0.1) is 0 Å². The normalized spacial score (nSPS) is 27.6. The van der Waals surface area contributed by atoms with Crippen molar-refractivity contribution in [1.29, 1.82) is 0 Å². The van der Waals surface area contributed by atoms with Gasteiger partial charge in [0.15, 0.2) is 0 Å². The molecule has 0 amide bonds. The Bertz CT molecular complexity index is 762. The number of alkyl halides is 8. The quantitative estimate of drug-likeness (QED) is 0.191. The summed E-state index contributed by atoms with van der Waals surface area (Å²) in [7, 11) is -6.93. The van der Waals surface area contributed by atoms with Crippen molar-refractivity contribution in [2.45, 2.75) is 88.1 Å². The van der Waals surface area contributed by atoms with Crippen LogP contribution in [-0.4, -0.2) is 49.6 Å². The zero-order chi connectivity index (χ0) is 25.3. The third-order valence-corrected chi connectivity index (χ3v) is 7.50. The van der Waals surface area contributed by atoms with E-state index in [0.29, 0.717) is 11.8 Å². The van der Waals surface area contributed by atoms with Gasteiger partial charge in [0.25, 0.3) is 0 Å². The zero-order valence-electron chi connectivity index (χ0n) is 17.9. The Balaban J connectivity index is 1.89. The molecule has 0 aromatic rings. The van der Waals surface area contributed by atoms with Crippen molar-refractivity contribution in [2.24, 2.45) is 17.3 Å². The van der Waals surface area contributed by atoms with E-state index in [0.717, 1.165) is 44.9 Å². The van der Waals surface area contributed by atoms with Gasteiger partial charge in [-0.25, -0.2) is 4.74 Å². The van der Waals surface area contributed by atoms with Crippen LogP contribution in [0.4, 0.5) is 35.1 Å². The number of fused-ring (bicyclic) bond motifs is 2. The van der Waals surface area contributed by atoms with Crippen molar-refractivity contribution in [3.8, 4) is 0 Å². The van der Waals surface area contributed by atoms with Gasteiger partial charge in [0.2, 0.25) is 0 Å². The van der Waals surface area contributed by atoms with E-state index in [1.54, 1.807) is 0 Å². The second-order valence-corrected chi connectivity index (χ2v) is 10.6. The first-order chi connectivity index (χ1) is 14.9. The summed E-state index contributed by atoms with van der Waals surface area (Å²) in [4.78, 5) is 0. The van der Waals surface area contributed by atoms with Gasteiger partial charge in [-0.05, 0) is 49.4 Å². The minimum atomic E-state index is -6.93. The maximum atomic E-state index is 13.8. The maximum Gasteiger partial charge on any atom is 0.460 e. The number of hydrogen-bond donors (Lipinski definition) is 1. The highest BCUT2D eigenvalue weighted by atomic mass is 32.2. The summed E-state index contributed by atoms with van der Waals surface area (Å²) in [5, 5.41) is -6.57. The highest BCUT2D eigenvalue weighted by Crippen LogP contribution is 2.51. The molecule has 0 aromatic carbocycles. The third-order valence-electron chi connectivity index (χ3n) is 6.62. The van der Waals surface area contributed by atoms with Crippen LogP contribution in [0.2, 0.25) is 0 Å². The molecule has 1 N–H and O–H groups in total. The molecule has 2 aliphatic carbocycles. The molecule has 0 heterocycles. The Labute approximate surface area is 186 Å². The predicted molar refractivity (Wildman–Crippen MR) is 99.9 cm³/mol. The molecule has 2 aliphatic rings. The van der Waals surface area contributed by atoms with Crippen molar-refractivity contribution in [3.05, 3.63) is 0 Å². The number of halogens is 8. The molecular weight excluding hydrogens is 492 g/mol. The van der Waals surface area contributed by atoms with Crippen LogP contribution >= 0.6 is 0 Å². The zero-order valence-corrected chi connectivity index (χ0v) is 18.8. The lowest BCUT2D eigenvalue weighted by atomic mass is 9.60. The smallest absolute Gasteiger partial charge is 0.381 e. The average Bonchev–Trinajstić information content (AvgIpc) is 2.65. The van der Waals surface area contributed by atoms with Crippen LogP contribution in [0.15, 0.2) is 0 Å². The molecule has 0 aromatic heterocycles. The molecule has 5 nitrogen and oxygen atoms in total. The Kier molecular flexibility index (Phi) is 8.40. The molecule has 0 radical (unpaired) electrons. The van der Waals surface area contributed by atoms with Gasteiger partial charge < -0.3 is 4.74 Å². The standard InChI is InChI=1S/C19H28F8O5S/c1-2-15(10-13-5-3-6-14(9-13)11-15)12-31-8-4-7-16(20,21)17(22,23)32-18(24,25)19(26,27)33(28,29)30/h13-14H,2-12H2,1H3,(H,28,29,30)/t13-,14?,15?/m1/s1. The maximum absolute atomic E-state index is 13.8. The molecule has 2 fully saturated rings. The molecule has 0 spiro atoms. The lowest BCUT2D eigenvalue weighted by molar-refractivity contribution is -0.456. The van der Waals surface area contributed by atoms with Crippen LogP contribution in [-0.2, 0) is 19.6 Å². The Morgan fingerprint density at radius 3 is 2.00 bits per heavy atom. The minimum absolute atomic E-state index is 0.146. The minimum Gasteiger partial charge on any atom is -0.381 e. The summed E-state index contributed by atoms with van der Waals surface area (Å²) < 4.78 is 144. The molecular formula is C19H28F8O5S. The van der Waals surface area contributed by atoms with Gasteiger partial charge in [0.1, 0.15) is 0 Å². The number of hydrogen-bond acceptors (Lipinski definition) is 4. The Hall–Kier alpha value is -0.730. The van der Waals surface area contributed by atoms with Gasteiger partial charge >= 0.3 is 33.5 Å². The van der Waals surface area contributed by atoms with Gasteiger partial charge in [0.05, 0.1) is 6.61 Å². The predicted octanol–water partition coefficient (Wildman–Crippen LogP) is 6.10. The fraction of sp³-hybridized carbons (Fsp3) is 1.00. The van der Waals surface area contributed by atoms with Crippen molar-refractivity contribution < 1.29 is 57.6 Å². The fourth-order valence-electron chi connectivity index (χ4n) is 4.87. The van der Waals surface area contributed by atoms with Crippen LogP contribution in [0.25, 0.3) is 0 Å². The van der Waals surface area contributed by atoms with Gasteiger partial charge in [-0.3, -0.25) is 4.55 Å². The molecule has 0 aliphatic heterocycles. The molecule has 3 atom stereocenters. The summed E-state index contributed by atoms with van der Waals surface area (Å²) in [6, 6.07) is 0. The van der Waals surface area contributed by atoms with Crippen LogP contribution in [0, 0.1) is 17.3 Å². The van der Waals surface area contributed by atoms with Crippen LogP contribution in [0.3, 0.4) is 0 Å². The summed E-state index contributed by atoms with van der Waals surface area (Å²) in [5.74, 6) is -4.23. The molecule has 2 bridgehead atoms. The van der Waals surface area contributed by atoms with E-state index in [4.69, 9.17) is 9.29 Å². The van der Waals surface area contributed by atoms with E-state index in [1.165, 1.54) is 0 Å². The van der Waals surface area contributed by atoms with E-state index in [2.05, 4.69) is 4.74 Å². The van der Waals surface area contributed by atoms with E-state index < -0.39 is 53.0 Å². The van der Waals surface area contributed by atoms with Crippen molar-refractivity contribution in [3.63, 3.8) is 0 Å². The molecule has 196 valence electrons. The van der Waals surface area contributed by atoms with Crippen LogP contribution in [0.5, 0.6) is 0 Å². The topological polar surface area (TPSA) is 72.8 Å². The lowest BCUT2D eigenvalue weighted by Gasteiger charge is -2.47. The van der Waals surface area contributed by atoms with Gasteiger partial charge in [0, 0.05) is 13.0 Å². The first-order valence-electron chi connectivity index (χ1n) is 10.6. The molecule has 2 saturated carbocycles. The van der Waals surface area contributed by atoms with E-state index in [9.17, 15) is 43.5 Å². The Morgan fingerprint density at radius 2 is 1.52 bits per heavy atom. The Morgan fingerprint density at radius 1 is 0.970 bits per heavy atom. The number of rotatable bonds is 12. The van der Waals surface area contributed by atoms with Crippen LogP contribution in [0.1, 0.15) is 64.7 Å².